The molecule has 3 N–H and O–H groups in total. The molecule has 1 heterocycles. The summed E-state index contributed by atoms with van der Waals surface area (Å²) in [6.45, 7) is 2.63. The molecule has 0 atom stereocenters. The Morgan fingerprint density at radius 3 is 2.42 bits per heavy atom. The number of sulfonamides is 1. The quantitative estimate of drug-likeness (QED) is 0.762. The van der Waals surface area contributed by atoms with E-state index >= 15 is 0 Å². The summed E-state index contributed by atoms with van der Waals surface area (Å²) in [5, 5.41) is 2.66. The fourth-order valence-corrected chi connectivity index (χ4v) is 3.74. The molecule has 7 nitrogen and oxygen atoms in total. The van der Waals surface area contributed by atoms with Gasteiger partial charge in [-0.25, -0.2) is 8.42 Å². The van der Waals surface area contributed by atoms with Crippen LogP contribution < -0.4 is 11.1 Å². The second-order valence-electron chi connectivity index (χ2n) is 5.32. The van der Waals surface area contributed by atoms with Crippen LogP contribution in [-0.4, -0.2) is 63.3 Å². The van der Waals surface area contributed by atoms with Gasteiger partial charge >= 0.3 is 0 Å². The number of anilines is 1. The van der Waals surface area contributed by atoms with Gasteiger partial charge in [-0.1, -0.05) is 6.07 Å². The van der Waals surface area contributed by atoms with Crippen molar-refractivity contribution in [2.75, 3.05) is 45.1 Å². The van der Waals surface area contributed by atoms with E-state index in [2.05, 4.69) is 10.2 Å². The van der Waals surface area contributed by atoms with E-state index in [-0.39, 0.29) is 48.6 Å². The molecular weight excluding hydrogens is 375 g/mol. The van der Waals surface area contributed by atoms with E-state index in [9.17, 15) is 13.2 Å². The molecule has 1 saturated heterocycles. The number of likely N-dealkylation sites (N-methyl/N-ethyl adjacent to an activating group) is 1. The highest BCUT2D eigenvalue weighted by Gasteiger charge is 2.27. The maximum Gasteiger partial charge on any atom is 0.243 e. The van der Waals surface area contributed by atoms with Crippen LogP contribution >= 0.6 is 24.8 Å². The topological polar surface area (TPSA) is 95.7 Å². The summed E-state index contributed by atoms with van der Waals surface area (Å²) in [4.78, 5) is 13.8. The number of hydrogen-bond donors (Lipinski definition) is 2. The highest BCUT2D eigenvalue weighted by molar-refractivity contribution is 7.89. The summed E-state index contributed by atoms with van der Waals surface area (Å²) in [5.74, 6) is -0.225. The van der Waals surface area contributed by atoms with Crippen molar-refractivity contribution < 1.29 is 13.2 Å². The van der Waals surface area contributed by atoms with Gasteiger partial charge in [-0.2, -0.15) is 4.31 Å². The molecule has 1 fully saturated rings. The summed E-state index contributed by atoms with van der Waals surface area (Å²) in [6, 6.07) is 6.33. The number of piperazine rings is 1. The van der Waals surface area contributed by atoms with Crippen molar-refractivity contribution >= 4 is 46.4 Å². The van der Waals surface area contributed by atoms with Gasteiger partial charge in [-0.3, -0.25) is 4.79 Å². The zero-order chi connectivity index (χ0) is 16.2. The van der Waals surface area contributed by atoms with Crippen molar-refractivity contribution in [1.29, 1.82) is 0 Å². The monoisotopic (exact) mass is 398 g/mol. The Morgan fingerprint density at radius 2 is 1.83 bits per heavy atom. The third-order valence-corrected chi connectivity index (χ3v) is 5.48. The van der Waals surface area contributed by atoms with E-state index < -0.39 is 10.0 Å². The van der Waals surface area contributed by atoms with Crippen molar-refractivity contribution in [2.45, 2.75) is 11.3 Å². The minimum absolute atomic E-state index is 0. The fraction of sp³-hybridized carbons (Fsp3) is 0.500. The zero-order valence-electron chi connectivity index (χ0n) is 13.5. The zero-order valence-corrected chi connectivity index (χ0v) is 15.9. The van der Waals surface area contributed by atoms with Crippen LogP contribution in [0.15, 0.2) is 29.2 Å². The molecule has 1 amide bonds. The van der Waals surface area contributed by atoms with Crippen molar-refractivity contribution in [3.63, 3.8) is 0 Å². The van der Waals surface area contributed by atoms with Crippen molar-refractivity contribution in [3.8, 4) is 0 Å². The summed E-state index contributed by atoms with van der Waals surface area (Å²) in [6.07, 6.45) is 0.204. The highest BCUT2D eigenvalue weighted by Crippen LogP contribution is 2.20. The average molecular weight is 399 g/mol. The molecule has 0 bridgehead atoms. The van der Waals surface area contributed by atoms with Crippen molar-refractivity contribution in [3.05, 3.63) is 24.3 Å². The van der Waals surface area contributed by atoms with Gasteiger partial charge in [0.05, 0.1) is 4.90 Å². The van der Waals surface area contributed by atoms with Gasteiger partial charge in [-0.05, 0) is 25.2 Å². The predicted molar refractivity (Wildman–Crippen MR) is 99.5 cm³/mol. The summed E-state index contributed by atoms with van der Waals surface area (Å²) < 4.78 is 26.7. The molecule has 10 heteroatoms. The van der Waals surface area contributed by atoms with Gasteiger partial charge in [-0.15, -0.1) is 24.8 Å². The maximum atomic E-state index is 12.6. The van der Waals surface area contributed by atoms with Crippen LogP contribution in [0.4, 0.5) is 5.69 Å². The maximum absolute atomic E-state index is 12.6. The first-order valence-electron chi connectivity index (χ1n) is 7.22. The molecule has 1 aliphatic rings. The number of nitrogens with one attached hydrogen (secondary N) is 1. The van der Waals surface area contributed by atoms with E-state index in [1.54, 1.807) is 18.2 Å². The number of carbonyl (C=O) groups is 1. The number of rotatable bonds is 5. The number of carbonyl (C=O) groups excluding carboxylic acids is 1. The highest BCUT2D eigenvalue weighted by atomic mass is 35.5. The molecule has 1 aliphatic heterocycles. The number of nitrogens with zero attached hydrogens (tertiary/aromatic N) is 2. The SMILES string of the molecule is CN1CCN(S(=O)(=O)c2cccc(NC(=O)CCN)c2)CC1.Cl.Cl. The van der Waals surface area contributed by atoms with E-state index in [0.29, 0.717) is 31.9 Å². The molecule has 0 aromatic heterocycles. The molecule has 0 unspecified atom stereocenters. The molecule has 1 aromatic carbocycles. The predicted octanol–water partition coefficient (Wildman–Crippen LogP) is 0.754. The molecule has 2 rings (SSSR count). The van der Waals surface area contributed by atoms with Crippen LogP contribution in [0.25, 0.3) is 0 Å². The Balaban J connectivity index is 0.00000264. The summed E-state index contributed by atoms with van der Waals surface area (Å²) in [5.41, 5.74) is 5.79. The van der Waals surface area contributed by atoms with Crippen LogP contribution in [0.5, 0.6) is 0 Å². The Morgan fingerprint density at radius 1 is 1.21 bits per heavy atom. The molecule has 0 saturated carbocycles. The fourth-order valence-electron chi connectivity index (χ4n) is 2.27. The summed E-state index contributed by atoms with van der Waals surface area (Å²) >= 11 is 0. The van der Waals surface area contributed by atoms with Crippen LogP contribution in [0.1, 0.15) is 6.42 Å². The Labute approximate surface area is 155 Å². The lowest BCUT2D eigenvalue weighted by Gasteiger charge is -2.31. The largest absolute Gasteiger partial charge is 0.330 e. The second-order valence-corrected chi connectivity index (χ2v) is 7.26. The van der Waals surface area contributed by atoms with Gasteiger partial charge in [0, 0.05) is 44.8 Å². The van der Waals surface area contributed by atoms with E-state index in [1.807, 2.05) is 7.05 Å². The molecular formula is C14H24Cl2N4O3S. The molecule has 24 heavy (non-hydrogen) atoms. The van der Waals surface area contributed by atoms with Gasteiger partial charge in [0.2, 0.25) is 15.9 Å². The Bertz CT molecular complexity index is 635. The lowest BCUT2D eigenvalue weighted by Crippen LogP contribution is -2.47. The van der Waals surface area contributed by atoms with E-state index in [1.165, 1.54) is 10.4 Å². The number of benzene rings is 1. The third-order valence-electron chi connectivity index (χ3n) is 3.59. The molecule has 0 spiro atoms. The van der Waals surface area contributed by atoms with Gasteiger partial charge in [0.15, 0.2) is 0 Å². The average Bonchev–Trinajstić information content (AvgIpc) is 2.48. The first kappa shape index (κ1) is 23.1. The van der Waals surface area contributed by atoms with E-state index in [4.69, 9.17) is 5.73 Å². The van der Waals surface area contributed by atoms with Crippen molar-refractivity contribution in [2.24, 2.45) is 5.73 Å². The summed E-state index contributed by atoms with van der Waals surface area (Å²) in [7, 11) is -1.56. The lowest BCUT2D eigenvalue weighted by molar-refractivity contribution is -0.116. The van der Waals surface area contributed by atoms with Crippen LogP contribution in [0, 0.1) is 0 Å². The van der Waals surface area contributed by atoms with Gasteiger partial charge in [0.1, 0.15) is 0 Å². The second kappa shape index (κ2) is 10.2. The molecule has 0 aliphatic carbocycles. The minimum Gasteiger partial charge on any atom is -0.330 e. The van der Waals surface area contributed by atoms with Gasteiger partial charge < -0.3 is 16.0 Å². The normalized spacial score (nSPS) is 15.9. The van der Waals surface area contributed by atoms with Crippen molar-refractivity contribution in [1.82, 2.24) is 9.21 Å². The molecule has 138 valence electrons. The number of nitrogens with two attached hydrogens (primary N) is 1. The van der Waals surface area contributed by atoms with Crippen LogP contribution in [0.3, 0.4) is 0 Å². The lowest BCUT2D eigenvalue weighted by atomic mass is 10.3. The van der Waals surface area contributed by atoms with E-state index in [0.717, 1.165) is 0 Å². The van der Waals surface area contributed by atoms with Crippen LogP contribution in [0.2, 0.25) is 0 Å². The smallest absolute Gasteiger partial charge is 0.243 e. The van der Waals surface area contributed by atoms with Gasteiger partial charge in [0.25, 0.3) is 0 Å². The Kier molecular flexibility index (Phi) is 9.79. The first-order valence-corrected chi connectivity index (χ1v) is 8.66. The first-order chi connectivity index (χ1) is 10.4. The third kappa shape index (κ3) is 5.87. The number of amides is 1. The minimum atomic E-state index is -3.53. The standard InChI is InChI=1S/C14H22N4O3S.2ClH/c1-17-7-9-18(10-8-17)22(20,21)13-4-2-3-12(11-13)16-14(19)5-6-15;;/h2-4,11H,5-10,15H2,1H3,(H,16,19);2*1H. The molecule has 0 radical (unpaired) electrons. The molecule has 1 aromatic rings. The number of hydrogen-bond acceptors (Lipinski definition) is 5. The van der Waals surface area contributed by atoms with Crippen LogP contribution in [-0.2, 0) is 14.8 Å². The Hall–Kier alpha value is -0.900. The number of halogens is 2.